The van der Waals surface area contributed by atoms with Gasteiger partial charge in [0.15, 0.2) is 11.5 Å². The van der Waals surface area contributed by atoms with Gasteiger partial charge in [-0.15, -0.1) is 0 Å². The Bertz CT molecular complexity index is 789. The lowest BCUT2D eigenvalue weighted by Crippen LogP contribution is -2.37. The zero-order valence-corrected chi connectivity index (χ0v) is 15.1. The molecule has 2 aromatic rings. The molecule has 1 aromatic heterocycles. The molecule has 8 nitrogen and oxygen atoms in total. The second kappa shape index (κ2) is 8.28. The van der Waals surface area contributed by atoms with Crippen molar-refractivity contribution in [2.24, 2.45) is 17.4 Å². The van der Waals surface area contributed by atoms with Crippen molar-refractivity contribution in [2.45, 2.75) is 33.2 Å². The first-order chi connectivity index (χ1) is 12.3. The van der Waals surface area contributed by atoms with Crippen molar-refractivity contribution >= 4 is 29.1 Å². The maximum Gasteiger partial charge on any atom is 0.271 e. The van der Waals surface area contributed by atoms with Crippen molar-refractivity contribution in [3.05, 3.63) is 41.7 Å². The molecule has 0 radical (unpaired) electrons. The molecule has 0 spiro atoms. The molecule has 0 unspecified atom stereocenters. The van der Waals surface area contributed by atoms with E-state index >= 15 is 0 Å². The predicted molar refractivity (Wildman–Crippen MR) is 101 cm³/mol. The molecule has 0 saturated carbocycles. The van der Waals surface area contributed by atoms with Crippen molar-refractivity contribution in [3.63, 3.8) is 0 Å². The molecule has 0 fully saturated rings. The molecular formula is C18H24N6O2. The predicted octanol–water partition coefficient (Wildman–Crippen LogP) is 1.94. The molecule has 1 heterocycles. The Kier molecular flexibility index (Phi) is 6.11. The van der Waals surface area contributed by atoms with Crippen LogP contribution >= 0.6 is 0 Å². The third-order valence-electron chi connectivity index (χ3n) is 3.69. The summed E-state index contributed by atoms with van der Waals surface area (Å²) in [6, 6.07) is 6.97. The summed E-state index contributed by atoms with van der Waals surface area (Å²) in [7, 11) is 0. The highest BCUT2D eigenvalue weighted by Crippen LogP contribution is 2.20. The number of carbonyl (C=O) groups is 2. The molecule has 0 aliphatic carbocycles. The number of aryl methyl sites for hydroxylation is 1. The van der Waals surface area contributed by atoms with Crippen molar-refractivity contribution in [1.82, 2.24) is 9.97 Å². The fourth-order valence-corrected chi connectivity index (χ4v) is 2.40. The molecule has 0 aliphatic heterocycles. The van der Waals surface area contributed by atoms with Gasteiger partial charge in [-0.05, 0) is 31.4 Å². The number of benzene rings is 1. The standard InChI is InChI=1S/C18H24N6O2/c1-10(2)8-13(16(19)25)23-14-9-21-15(17(20)26)18(24-14)22-12-6-4-11(3)5-7-12/h4-7,9-10,13H,8H2,1-3H3,(H2,19,25)(H2,20,26)(H2,22,23,24)/t13-/m1/s1. The van der Waals surface area contributed by atoms with Crippen LogP contribution in [-0.4, -0.2) is 27.8 Å². The van der Waals surface area contributed by atoms with Crippen molar-refractivity contribution in [1.29, 1.82) is 0 Å². The molecule has 2 rings (SSSR count). The summed E-state index contributed by atoms with van der Waals surface area (Å²) in [4.78, 5) is 31.7. The van der Waals surface area contributed by atoms with Crippen LogP contribution in [0.25, 0.3) is 0 Å². The van der Waals surface area contributed by atoms with Crippen molar-refractivity contribution < 1.29 is 9.59 Å². The van der Waals surface area contributed by atoms with Crippen LogP contribution < -0.4 is 22.1 Å². The van der Waals surface area contributed by atoms with Crippen LogP contribution in [0, 0.1) is 12.8 Å². The minimum atomic E-state index is -0.702. The van der Waals surface area contributed by atoms with Gasteiger partial charge < -0.3 is 22.1 Å². The number of nitrogens with one attached hydrogen (secondary N) is 2. The fourth-order valence-electron chi connectivity index (χ4n) is 2.40. The summed E-state index contributed by atoms with van der Waals surface area (Å²) >= 11 is 0. The maximum atomic E-state index is 11.6. The topological polar surface area (TPSA) is 136 Å². The Morgan fingerprint density at radius 3 is 2.35 bits per heavy atom. The van der Waals surface area contributed by atoms with E-state index in [4.69, 9.17) is 11.5 Å². The Balaban J connectivity index is 2.30. The number of rotatable bonds is 8. The summed E-state index contributed by atoms with van der Waals surface area (Å²) in [5, 5.41) is 6.01. The normalized spacial score (nSPS) is 11.8. The van der Waals surface area contributed by atoms with E-state index in [1.807, 2.05) is 45.0 Å². The van der Waals surface area contributed by atoms with Gasteiger partial charge in [-0.25, -0.2) is 9.97 Å². The summed E-state index contributed by atoms with van der Waals surface area (Å²) in [6.45, 7) is 5.95. The van der Waals surface area contributed by atoms with Gasteiger partial charge in [0, 0.05) is 5.69 Å². The fraction of sp³-hybridized carbons (Fsp3) is 0.333. The number of carbonyl (C=O) groups excluding carboxylic acids is 2. The van der Waals surface area contributed by atoms with Gasteiger partial charge in [-0.3, -0.25) is 9.59 Å². The lowest BCUT2D eigenvalue weighted by Gasteiger charge is -2.18. The molecule has 0 saturated heterocycles. The van der Waals surface area contributed by atoms with Gasteiger partial charge in [0.25, 0.3) is 5.91 Å². The maximum absolute atomic E-state index is 11.6. The molecule has 0 bridgehead atoms. The SMILES string of the molecule is Cc1ccc(Nc2nc(N[C@H](CC(C)C)C(N)=O)cnc2C(N)=O)cc1. The Morgan fingerprint density at radius 1 is 1.15 bits per heavy atom. The summed E-state index contributed by atoms with van der Waals surface area (Å²) < 4.78 is 0. The smallest absolute Gasteiger partial charge is 0.271 e. The van der Waals surface area contributed by atoms with E-state index in [0.29, 0.717) is 12.2 Å². The zero-order chi connectivity index (χ0) is 19.3. The zero-order valence-electron chi connectivity index (χ0n) is 15.1. The van der Waals surface area contributed by atoms with Gasteiger partial charge in [0.1, 0.15) is 11.9 Å². The number of hydrogen-bond acceptors (Lipinski definition) is 6. The van der Waals surface area contributed by atoms with E-state index in [9.17, 15) is 9.59 Å². The van der Waals surface area contributed by atoms with Gasteiger partial charge in [-0.1, -0.05) is 31.5 Å². The van der Waals surface area contributed by atoms with E-state index < -0.39 is 17.9 Å². The first-order valence-corrected chi connectivity index (χ1v) is 8.32. The molecule has 6 N–H and O–H groups in total. The number of hydrogen-bond donors (Lipinski definition) is 4. The third-order valence-corrected chi connectivity index (χ3v) is 3.69. The van der Waals surface area contributed by atoms with Crippen LogP contribution in [0.5, 0.6) is 0 Å². The average molecular weight is 356 g/mol. The van der Waals surface area contributed by atoms with Crippen molar-refractivity contribution in [2.75, 3.05) is 10.6 Å². The Labute approximate surface area is 152 Å². The molecule has 138 valence electrons. The molecular weight excluding hydrogens is 332 g/mol. The number of amides is 2. The number of primary amides is 2. The number of aromatic nitrogens is 2. The molecule has 1 atom stereocenters. The Hall–Kier alpha value is -3.16. The molecule has 26 heavy (non-hydrogen) atoms. The van der Waals surface area contributed by atoms with Crippen molar-refractivity contribution in [3.8, 4) is 0 Å². The monoisotopic (exact) mass is 356 g/mol. The lowest BCUT2D eigenvalue weighted by molar-refractivity contribution is -0.119. The first kappa shape index (κ1) is 19.2. The second-order valence-electron chi connectivity index (χ2n) is 6.54. The van der Waals surface area contributed by atoms with Gasteiger partial charge >= 0.3 is 0 Å². The van der Waals surface area contributed by atoms with Crippen LogP contribution in [0.1, 0.15) is 36.3 Å². The van der Waals surface area contributed by atoms with Gasteiger partial charge in [0.05, 0.1) is 6.20 Å². The lowest BCUT2D eigenvalue weighted by atomic mass is 10.0. The van der Waals surface area contributed by atoms with E-state index in [1.165, 1.54) is 6.20 Å². The van der Waals surface area contributed by atoms with Gasteiger partial charge in [0.2, 0.25) is 5.91 Å². The molecule has 2 amide bonds. The van der Waals surface area contributed by atoms with E-state index in [2.05, 4.69) is 20.6 Å². The largest absolute Gasteiger partial charge is 0.368 e. The number of nitrogens with zero attached hydrogens (tertiary/aromatic N) is 2. The highest BCUT2D eigenvalue weighted by atomic mass is 16.1. The number of nitrogens with two attached hydrogens (primary N) is 2. The van der Waals surface area contributed by atoms with Crippen LogP contribution in [-0.2, 0) is 4.79 Å². The summed E-state index contributed by atoms with van der Waals surface area (Å²) in [6.07, 6.45) is 1.91. The highest BCUT2D eigenvalue weighted by Gasteiger charge is 2.19. The minimum absolute atomic E-state index is 0.00982. The second-order valence-corrected chi connectivity index (χ2v) is 6.54. The molecule has 0 aliphatic rings. The van der Waals surface area contributed by atoms with Gasteiger partial charge in [-0.2, -0.15) is 0 Å². The Morgan fingerprint density at radius 2 is 1.81 bits per heavy atom. The number of anilines is 3. The summed E-state index contributed by atoms with van der Waals surface area (Å²) in [5.41, 5.74) is 12.7. The van der Waals surface area contributed by atoms with Crippen LogP contribution in [0.4, 0.5) is 17.3 Å². The third kappa shape index (κ3) is 5.17. The highest BCUT2D eigenvalue weighted by molar-refractivity contribution is 5.96. The minimum Gasteiger partial charge on any atom is -0.368 e. The van der Waals surface area contributed by atoms with E-state index in [0.717, 1.165) is 11.3 Å². The van der Waals surface area contributed by atoms with E-state index in [1.54, 1.807) is 0 Å². The quantitative estimate of drug-likeness (QED) is 0.570. The van der Waals surface area contributed by atoms with E-state index in [-0.39, 0.29) is 17.4 Å². The van der Waals surface area contributed by atoms with Crippen LogP contribution in [0.3, 0.4) is 0 Å². The molecule has 1 aromatic carbocycles. The van der Waals surface area contributed by atoms with Crippen LogP contribution in [0.2, 0.25) is 0 Å². The first-order valence-electron chi connectivity index (χ1n) is 8.32. The average Bonchev–Trinajstić information content (AvgIpc) is 2.56. The van der Waals surface area contributed by atoms with Crippen LogP contribution in [0.15, 0.2) is 30.5 Å². The molecule has 8 heteroatoms. The summed E-state index contributed by atoms with van der Waals surface area (Å²) in [5.74, 6) is -0.379.